The van der Waals surface area contributed by atoms with Gasteiger partial charge in [-0.2, -0.15) is 18.2 Å². The second-order valence-corrected chi connectivity index (χ2v) is 7.80. The fourth-order valence-electron chi connectivity index (χ4n) is 3.35. The van der Waals surface area contributed by atoms with Crippen molar-refractivity contribution < 1.29 is 17.9 Å². The van der Waals surface area contributed by atoms with Gasteiger partial charge in [0.25, 0.3) is 0 Å². The van der Waals surface area contributed by atoms with Gasteiger partial charge < -0.3 is 19.9 Å². The number of halogens is 3. The van der Waals surface area contributed by atoms with E-state index >= 15 is 0 Å². The number of hydrogen-bond acceptors (Lipinski definition) is 6. The van der Waals surface area contributed by atoms with Gasteiger partial charge >= 0.3 is 6.18 Å². The molecule has 2 fully saturated rings. The van der Waals surface area contributed by atoms with E-state index < -0.39 is 11.7 Å². The van der Waals surface area contributed by atoms with Gasteiger partial charge in [-0.15, -0.1) is 0 Å². The molecule has 2 N–H and O–H groups in total. The summed E-state index contributed by atoms with van der Waals surface area (Å²) in [7, 11) is 0. The molecular formula is C19H19F3N6O. The van der Waals surface area contributed by atoms with E-state index in [1.54, 1.807) is 12.4 Å². The lowest BCUT2D eigenvalue weighted by atomic mass is 10.2. The van der Waals surface area contributed by atoms with Crippen LogP contribution in [0.5, 0.6) is 0 Å². The molecule has 5 rings (SSSR count). The van der Waals surface area contributed by atoms with E-state index in [0.717, 1.165) is 29.9 Å². The van der Waals surface area contributed by atoms with E-state index in [9.17, 15) is 13.2 Å². The molecule has 0 aromatic carbocycles. The SMILES string of the molecule is CC1(Nc2nc(Nc3cn(C4COC4)c4ccncc34)ncc2C(F)(F)F)CC1. The van der Waals surface area contributed by atoms with Crippen molar-refractivity contribution >= 4 is 28.4 Å². The van der Waals surface area contributed by atoms with Gasteiger partial charge in [-0.3, -0.25) is 4.98 Å². The molecule has 0 unspecified atom stereocenters. The monoisotopic (exact) mass is 404 g/mol. The molecule has 3 aromatic heterocycles. The van der Waals surface area contributed by atoms with Crippen LogP contribution in [0.2, 0.25) is 0 Å². The quantitative estimate of drug-likeness (QED) is 0.666. The minimum atomic E-state index is -4.53. The Morgan fingerprint density at radius 2 is 2.03 bits per heavy atom. The van der Waals surface area contributed by atoms with Crippen molar-refractivity contribution in [3.05, 3.63) is 36.4 Å². The number of nitrogens with one attached hydrogen (secondary N) is 2. The summed E-state index contributed by atoms with van der Waals surface area (Å²) in [6.07, 6.45) is 3.21. The number of fused-ring (bicyclic) bond motifs is 1. The fourth-order valence-corrected chi connectivity index (χ4v) is 3.35. The summed E-state index contributed by atoms with van der Waals surface area (Å²) in [5.74, 6) is -0.109. The third-order valence-corrected chi connectivity index (χ3v) is 5.41. The lowest BCUT2D eigenvalue weighted by Crippen LogP contribution is -2.30. The maximum Gasteiger partial charge on any atom is 0.421 e. The van der Waals surface area contributed by atoms with Crippen LogP contribution in [0.15, 0.2) is 30.9 Å². The standard InChI is InChI=1S/C19H19F3N6O/c1-18(3-4-18)27-16-13(19(20,21)22)7-24-17(26-16)25-14-8-28(11-9-29-10-11)15-2-5-23-6-12(14)15/h2,5-8,11H,3-4,9-10H2,1H3,(H2,24,25,26,27). The van der Waals surface area contributed by atoms with Crippen molar-refractivity contribution in [3.63, 3.8) is 0 Å². The van der Waals surface area contributed by atoms with Crippen LogP contribution in [0.4, 0.5) is 30.6 Å². The summed E-state index contributed by atoms with van der Waals surface area (Å²) in [5.41, 5.74) is 0.428. The first-order valence-corrected chi connectivity index (χ1v) is 9.34. The zero-order valence-corrected chi connectivity index (χ0v) is 15.6. The van der Waals surface area contributed by atoms with Crippen LogP contribution < -0.4 is 10.6 Å². The third kappa shape index (κ3) is 3.37. The molecule has 10 heteroatoms. The van der Waals surface area contributed by atoms with E-state index in [2.05, 4.69) is 30.2 Å². The second-order valence-electron chi connectivity index (χ2n) is 7.80. The molecule has 0 spiro atoms. The largest absolute Gasteiger partial charge is 0.421 e. The van der Waals surface area contributed by atoms with Gasteiger partial charge in [-0.1, -0.05) is 0 Å². The number of rotatable bonds is 5. The molecule has 1 aliphatic carbocycles. The zero-order chi connectivity index (χ0) is 20.2. The number of alkyl halides is 3. The highest BCUT2D eigenvalue weighted by atomic mass is 19.4. The average molecular weight is 404 g/mol. The van der Waals surface area contributed by atoms with Gasteiger partial charge in [-0.25, -0.2) is 4.98 Å². The molecule has 1 saturated carbocycles. The van der Waals surface area contributed by atoms with E-state index in [-0.39, 0.29) is 23.3 Å². The van der Waals surface area contributed by atoms with Gasteiger partial charge in [0.1, 0.15) is 11.4 Å². The highest BCUT2D eigenvalue weighted by Gasteiger charge is 2.42. The minimum Gasteiger partial charge on any atom is -0.377 e. The van der Waals surface area contributed by atoms with Crippen LogP contribution in [0.25, 0.3) is 10.9 Å². The van der Waals surface area contributed by atoms with Crippen molar-refractivity contribution in [2.45, 2.75) is 37.5 Å². The van der Waals surface area contributed by atoms with Crippen molar-refractivity contribution in [1.29, 1.82) is 0 Å². The topological polar surface area (TPSA) is 76.9 Å². The number of hydrogen-bond donors (Lipinski definition) is 2. The molecule has 0 amide bonds. The summed E-state index contributed by atoms with van der Waals surface area (Å²) in [6, 6.07) is 2.11. The predicted octanol–water partition coefficient (Wildman–Crippen LogP) is 4.12. The predicted molar refractivity (Wildman–Crippen MR) is 101 cm³/mol. The normalized spacial score (nSPS) is 18.5. The highest BCUT2D eigenvalue weighted by Crippen LogP contribution is 2.42. The molecule has 4 heterocycles. The molecular weight excluding hydrogens is 385 g/mol. The van der Waals surface area contributed by atoms with Crippen LogP contribution in [-0.2, 0) is 10.9 Å². The Morgan fingerprint density at radius 1 is 1.24 bits per heavy atom. The van der Waals surface area contributed by atoms with Gasteiger partial charge in [0, 0.05) is 35.7 Å². The van der Waals surface area contributed by atoms with E-state index in [0.29, 0.717) is 18.9 Å². The maximum absolute atomic E-state index is 13.4. The molecule has 3 aromatic rings. The van der Waals surface area contributed by atoms with Crippen molar-refractivity contribution in [3.8, 4) is 0 Å². The Morgan fingerprint density at radius 3 is 2.69 bits per heavy atom. The Kier molecular flexibility index (Phi) is 3.95. The van der Waals surface area contributed by atoms with E-state index in [1.165, 1.54) is 0 Å². The lowest BCUT2D eigenvalue weighted by Gasteiger charge is -2.28. The summed E-state index contributed by atoms with van der Waals surface area (Å²) >= 11 is 0. The van der Waals surface area contributed by atoms with Crippen LogP contribution in [0, 0.1) is 0 Å². The minimum absolute atomic E-state index is 0.0949. The van der Waals surface area contributed by atoms with Gasteiger partial charge in [-0.05, 0) is 25.8 Å². The van der Waals surface area contributed by atoms with Gasteiger partial charge in [0.05, 0.1) is 30.5 Å². The smallest absolute Gasteiger partial charge is 0.377 e. The Bertz CT molecular complexity index is 1070. The zero-order valence-electron chi connectivity index (χ0n) is 15.6. The molecule has 1 saturated heterocycles. The average Bonchev–Trinajstić information content (AvgIpc) is 3.24. The third-order valence-electron chi connectivity index (χ3n) is 5.41. The van der Waals surface area contributed by atoms with Crippen LogP contribution in [-0.4, -0.2) is 38.3 Å². The number of pyridine rings is 1. The summed E-state index contributed by atoms with van der Waals surface area (Å²) in [4.78, 5) is 12.2. The summed E-state index contributed by atoms with van der Waals surface area (Å²) in [5, 5.41) is 6.83. The van der Waals surface area contributed by atoms with Crippen LogP contribution in [0.1, 0.15) is 31.4 Å². The molecule has 0 radical (unpaired) electrons. The van der Waals surface area contributed by atoms with Crippen molar-refractivity contribution in [2.75, 3.05) is 23.8 Å². The molecule has 0 bridgehead atoms. The molecule has 2 aliphatic rings. The Balaban J connectivity index is 1.51. The molecule has 1 aliphatic heterocycles. The number of anilines is 3. The highest BCUT2D eigenvalue weighted by molar-refractivity contribution is 5.93. The second kappa shape index (κ2) is 6.31. The van der Waals surface area contributed by atoms with Crippen molar-refractivity contribution in [1.82, 2.24) is 19.5 Å². The van der Waals surface area contributed by atoms with Crippen LogP contribution in [0.3, 0.4) is 0 Å². The fraction of sp³-hybridized carbons (Fsp3) is 0.421. The molecule has 0 atom stereocenters. The molecule has 7 nitrogen and oxygen atoms in total. The van der Waals surface area contributed by atoms with E-state index in [4.69, 9.17) is 4.74 Å². The molecule has 29 heavy (non-hydrogen) atoms. The van der Waals surface area contributed by atoms with Gasteiger partial charge in [0.15, 0.2) is 0 Å². The summed E-state index contributed by atoms with van der Waals surface area (Å²) < 4.78 is 47.5. The summed E-state index contributed by atoms with van der Waals surface area (Å²) in [6.45, 7) is 3.12. The Hall–Kier alpha value is -2.88. The van der Waals surface area contributed by atoms with Crippen LogP contribution >= 0.6 is 0 Å². The maximum atomic E-state index is 13.4. The number of ether oxygens (including phenoxy) is 1. The first-order valence-electron chi connectivity index (χ1n) is 9.34. The lowest BCUT2D eigenvalue weighted by molar-refractivity contribution is -0.137. The first kappa shape index (κ1) is 18.2. The van der Waals surface area contributed by atoms with Gasteiger partial charge in [0.2, 0.25) is 5.95 Å². The number of aromatic nitrogens is 4. The Labute approximate surface area is 164 Å². The molecule has 152 valence electrons. The van der Waals surface area contributed by atoms with Crippen molar-refractivity contribution in [2.24, 2.45) is 0 Å². The number of nitrogens with zero attached hydrogens (tertiary/aromatic N) is 4. The first-order chi connectivity index (χ1) is 13.8. The van der Waals surface area contributed by atoms with E-state index in [1.807, 2.05) is 19.2 Å².